The molecule has 2 rings (SSSR count). The van der Waals surface area contributed by atoms with Crippen molar-refractivity contribution in [2.75, 3.05) is 13.7 Å². The maximum atomic E-state index is 6.03. The summed E-state index contributed by atoms with van der Waals surface area (Å²) in [4.78, 5) is 1.34. The summed E-state index contributed by atoms with van der Waals surface area (Å²) < 4.78 is 11.5. The summed E-state index contributed by atoms with van der Waals surface area (Å²) in [5.41, 5.74) is 1.15. The topological polar surface area (TPSA) is 30.5 Å². The van der Waals surface area contributed by atoms with Crippen LogP contribution in [0.5, 0.6) is 11.5 Å². The summed E-state index contributed by atoms with van der Waals surface area (Å²) >= 11 is 1.77. The molecule has 1 N–H and O–H groups in total. The first kappa shape index (κ1) is 17.8. The number of nitrogens with one attached hydrogen (secondary N) is 1. The van der Waals surface area contributed by atoms with E-state index in [4.69, 9.17) is 9.47 Å². The molecule has 0 amide bonds. The van der Waals surface area contributed by atoms with Gasteiger partial charge in [-0.25, -0.2) is 0 Å². The third-order valence-corrected chi connectivity index (χ3v) is 4.60. The van der Waals surface area contributed by atoms with Crippen LogP contribution >= 0.6 is 11.3 Å². The third kappa shape index (κ3) is 5.88. The molecule has 0 bridgehead atoms. The van der Waals surface area contributed by atoms with Gasteiger partial charge in [-0.05, 0) is 23.9 Å². The number of rotatable bonds is 11. The number of thiophene rings is 1. The lowest BCUT2D eigenvalue weighted by Gasteiger charge is -2.15. The van der Waals surface area contributed by atoms with Gasteiger partial charge in [-0.3, -0.25) is 0 Å². The Morgan fingerprint density at radius 3 is 2.70 bits per heavy atom. The van der Waals surface area contributed by atoms with Crippen LogP contribution in [0.15, 0.2) is 35.7 Å². The average Bonchev–Trinajstić information content (AvgIpc) is 3.09. The number of hydrogen-bond donors (Lipinski definition) is 1. The van der Waals surface area contributed by atoms with Crippen LogP contribution in [-0.2, 0) is 13.1 Å². The van der Waals surface area contributed by atoms with E-state index in [0.717, 1.165) is 43.2 Å². The molecule has 0 spiro atoms. The monoisotopic (exact) mass is 333 g/mol. The van der Waals surface area contributed by atoms with Gasteiger partial charge in [0.15, 0.2) is 11.5 Å². The normalized spacial score (nSPS) is 10.7. The molecule has 0 unspecified atom stereocenters. The molecule has 1 aromatic heterocycles. The zero-order valence-corrected chi connectivity index (χ0v) is 15.0. The molecule has 1 heterocycles. The van der Waals surface area contributed by atoms with E-state index in [0.29, 0.717) is 0 Å². The molecule has 0 radical (unpaired) electrons. The minimum Gasteiger partial charge on any atom is -0.493 e. The Labute approximate surface area is 143 Å². The first-order valence-corrected chi connectivity index (χ1v) is 9.25. The molecule has 3 nitrogen and oxygen atoms in total. The van der Waals surface area contributed by atoms with Crippen molar-refractivity contribution in [1.29, 1.82) is 0 Å². The molecule has 0 aliphatic carbocycles. The highest BCUT2D eigenvalue weighted by molar-refractivity contribution is 7.09. The molecular weight excluding hydrogens is 306 g/mol. The average molecular weight is 333 g/mol. The van der Waals surface area contributed by atoms with E-state index in [2.05, 4.69) is 35.8 Å². The number of para-hydroxylation sites is 1. The molecule has 4 heteroatoms. The molecular formula is C19H27NO2S. The van der Waals surface area contributed by atoms with Crippen LogP contribution in [0.2, 0.25) is 0 Å². The van der Waals surface area contributed by atoms with Gasteiger partial charge in [-0.15, -0.1) is 11.3 Å². The second-order valence-corrected chi connectivity index (χ2v) is 6.57. The van der Waals surface area contributed by atoms with Crippen LogP contribution in [0.3, 0.4) is 0 Å². The summed E-state index contributed by atoms with van der Waals surface area (Å²) in [6.45, 7) is 4.63. The van der Waals surface area contributed by atoms with Crippen molar-refractivity contribution in [3.8, 4) is 11.5 Å². The van der Waals surface area contributed by atoms with E-state index < -0.39 is 0 Å². The van der Waals surface area contributed by atoms with Gasteiger partial charge in [0.2, 0.25) is 0 Å². The molecule has 0 fully saturated rings. The SMILES string of the molecule is CCCCCCOc1c(CNCc2cccs2)cccc1OC. The first-order chi connectivity index (χ1) is 11.3. The van der Waals surface area contributed by atoms with Gasteiger partial charge in [0.1, 0.15) is 0 Å². The Bertz CT molecular complexity index is 555. The molecule has 0 atom stereocenters. The third-order valence-electron chi connectivity index (χ3n) is 3.72. The number of benzene rings is 1. The van der Waals surface area contributed by atoms with Gasteiger partial charge in [0, 0.05) is 23.5 Å². The molecule has 2 aromatic rings. The lowest BCUT2D eigenvalue weighted by Crippen LogP contribution is -2.13. The number of unbranched alkanes of at least 4 members (excludes halogenated alkanes) is 3. The van der Waals surface area contributed by atoms with E-state index in [1.54, 1.807) is 18.4 Å². The van der Waals surface area contributed by atoms with Crippen molar-refractivity contribution in [2.45, 2.75) is 45.7 Å². The van der Waals surface area contributed by atoms with E-state index >= 15 is 0 Å². The fourth-order valence-electron chi connectivity index (χ4n) is 2.46. The van der Waals surface area contributed by atoms with Crippen LogP contribution in [-0.4, -0.2) is 13.7 Å². The lowest BCUT2D eigenvalue weighted by atomic mass is 10.1. The highest BCUT2D eigenvalue weighted by Gasteiger charge is 2.10. The van der Waals surface area contributed by atoms with Crippen molar-refractivity contribution < 1.29 is 9.47 Å². The Hall–Kier alpha value is -1.52. The predicted molar refractivity (Wildman–Crippen MR) is 97.5 cm³/mol. The zero-order valence-electron chi connectivity index (χ0n) is 14.1. The number of ether oxygens (including phenoxy) is 2. The fourth-order valence-corrected chi connectivity index (χ4v) is 3.14. The summed E-state index contributed by atoms with van der Waals surface area (Å²) in [6.07, 6.45) is 4.82. The standard InChI is InChI=1S/C19H27NO2S/c1-3-4-5-6-12-22-19-16(9-7-11-18(19)21-2)14-20-15-17-10-8-13-23-17/h7-11,13,20H,3-6,12,14-15H2,1-2H3. The van der Waals surface area contributed by atoms with Crippen LogP contribution in [0.4, 0.5) is 0 Å². The quantitative estimate of drug-likeness (QED) is 0.587. The Morgan fingerprint density at radius 2 is 1.96 bits per heavy atom. The molecule has 1 aromatic carbocycles. The summed E-state index contributed by atoms with van der Waals surface area (Å²) in [5, 5.41) is 5.59. The minimum absolute atomic E-state index is 0.748. The van der Waals surface area contributed by atoms with E-state index in [9.17, 15) is 0 Å². The summed E-state index contributed by atoms with van der Waals surface area (Å²) in [6, 6.07) is 10.3. The van der Waals surface area contributed by atoms with E-state index in [1.165, 1.54) is 24.1 Å². The molecule has 0 aliphatic heterocycles. The maximum Gasteiger partial charge on any atom is 0.165 e. The molecule has 0 saturated carbocycles. The molecule has 126 valence electrons. The largest absolute Gasteiger partial charge is 0.493 e. The molecule has 0 aliphatic rings. The second-order valence-electron chi connectivity index (χ2n) is 5.54. The Balaban J connectivity index is 1.91. The van der Waals surface area contributed by atoms with E-state index in [-0.39, 0.29) is 0 Å². The van der Waals surface area contributed by atoms with Crippen molar-refractivity contribution in [2.24, 2.45) is 0 Å². The zero-order chi connectivity index (χ0) is 16.3. The molecule has 0 saturated heterocycles. The number of hydrogen-bond acceptors (Lipinski definition) is 4. The fraction of sp³-hybridized carbons (Fsp3) is 0.474. The smallest absolute Gasteiger partial charge is 0.165 e. The lowest BCUT2D eigenvalue weighted by molar-refractivity contribution is 0.281. The highest BCUT2D eigenvalue weighted by Crippen LogP contribution is 2.31. The van der Waals surface area contributed by atoms with Gasteiger partial charge in [-0.2, -0.15) is 0 Å². The highest BCUT2D eigenvalue weighted by atomic mass is 32.1. The van der Waals surface area contributed by atoms with Gasteiger partial charge < -0.3 is 14.8 Å². The Kier molecular flexibility index (Phi) is 7.98. The van der Waals surface area contributed by atoms with Crippen LogP contribution in [0.1, 0.15) is 43.0 Å². The summed E-state index contributed by atoms with van der Waals surface area (Å²) in [7, 11) is 1.70. The van der Waals surface area contributed by atoms with Crippen molar-refractivity contribution in [1.82, 2.24) is 5.32 Å². The van der Waals surface area contributed by atoms with Gasteiger partial charge >= 0.3 is 0 Å². The van der Waals surface area contributed by atoms with Gasteiger partial charge in [0.05, 0.1) is 13.7 Å². The van der Waals surface area contributed by atoms with Gasteiger partial charge in [0.25, 0.3) is 0 Å². The summed E-state index contributed by atoms with van der Waals surface area (Å²) in [5.74, 6) is 1.70. The first-order valence-electron chi connectivity index (χ1n) is 8.37. The van der Waals surface area contributed by atoms with Gasteiger partial charge in [-0.1, -0.05) is 44.4 Å². The van der Waals surface area contributed by atoms with E-state index in [1.807, 2.05) is 12.1 Å². The van der Waals surface area contributed by atoms with Crippen LogP contribution in [0.25, 0.3) is 0 Å². The van der Waals surface area contributed by atoms with Crippen LogP contribution < -0.4 is 14.8 Å². The Morgan fingerprint density at radius 1 is 1.04 bits per heavy atom. The van der Waals surface area contributed by atoms with Crippen molar-refractivity contribution in [3.05, 3.63) is 46.2 Å². The van der Waals surface area contributed by atoms with Crippen molar-refractivity contribution >= 4 is 11.3 Å². The second kappa shape index (κ2) is 10.3. The van der Waals surface area contributed by atoms with Crippen molar-refractivity contribution in [3.63, 3.8) is 0 Å². The molecule has 23 heavy (non-hydrogen) atoms. The maximum absolute atomic E-state index is 6.03. The minimum atomic E-state index is 0.748. The predicted octanol–water partition coefficient (Wildman–Crippen LogP) is 5.01. The number of methoxy groups -OCH3 is 1. The van der Waals surface area contributed by atoms with Crippen LogP contribution in [0, 0.1) is 0 Å².